The first-order chi connectivity index (χ1) is 7.65. The van der Waals surface area contributed by atoms with Gasteiger partial charge in [-0.15, -0.1) is 0 Å². The van der Waals surface area contributed by atoms with Gasteiger partial charge in [-0.2, -0.15) is 0 Å². The average molecular weight is 221 g/mol. The summed E-state index contributed by atoms with van der Waals surface area (Å²) >= 11 is 0. The molecule has 1 aromatic rings. The first-order valence-corrected chi connectivity index (χ1v) is 5.57. The fraction of sp³-hybridized carbons (Fsp3) is 0.500. The maximum absolute atomic E-state index is 11.9. The van der Waals surface area contributed by atoms with Gasteiger partial charge >= 0.3 is 0 Å². The van der Waals surface area contributed by atoms with E-state index in [1.165, 1.54) is 5.57 Å². The van der Waals surface area contributed by atoms with E-state index in [9.17, 15) is 4.79 Å². The molecule has 88 valence electrons. The number of aryl methyl sites for hydroxylation is 1. The molecule has 0 aliphatic rings. The lowest BCUT2D eigenvalue weighted by molar-refractivity contribution is 0.650. The predicted octanol–water partition coefficient (Wildman–Crippen LogP) is 2.03. The van der Waals surface area contributed by atoms with E-state index in [0.29, 0.717) is 12.4 Å². The van der Waals surface area contributed by atoms with Crippen LogP contribution in [0.4, 0.5) is 5.82 Å². The van der Waals surface area contributed by atoms with Gasteiger partial charge in [-0.3, -0.25) is 4.79 Å². The van der Waals surface area contributed by atoms with Crippen LogP contribution in [0.3, 0.4) is 0 Å². The van der Waals surface area contributed by atoms with Crippen molar-refractivity contribution in [2.45, 2.75) is 33.7 Å². The second kappa shape index (κ2) is 6.10. The molecule has 0 spiro atoms. The Morgan fingerprint density at radius 3 is 2.94 bits per heavy atom. The van der Waals surface area contributed by atoms with Crippen LogP contribution in [-0.4, -0.2) is 16.1 Å². The number of hydrogen-bond acceptors (Lipinski definition) is 3. The summed E-state index contributed by atoms with van der Waals surface area (Å²) in [4.78, 5) is 15.9. The quantitative estimate of drug-likeness (QED) is 0.774. The molecule has 1 rings (SSSR count). The minimum atomic E-state index is -0.0495. The number of nitrogens with one attached hydrogen (secondary N) is 1. The first kappa shape index (κ1) is 12.5. The summed E-state index contributed by atoms with van der Waals surface area (Å²) in [6.07, 6.45) is 6.34. The number of rotatable bonds is 5. The van der Waals surface area contributed by atoms with Crippen molar-refractivity contribution < 1.29 is 0 Å². The van der Waals surface area contributed by atoms with Crippen molar-refractivity contribution in [1.82, 2.24) is 9.55 Å². The highest BCUT2D eigenvalue weighted by Crippen LogP contribution is 1.95. The molecule has 0 aliphatic heterocycles. The van der Waals surface area contributed by atoms with E-state index in [4.69, 9.17) is 0 Å². The molecule has 1 heterocycles. The molecule has 0 unspecified atom stereocenters. The topological polar surface area (TPSA) is 46.9 Å². The molecule has 1 N–H and O–H groups in total. The zero-order valence-corrected chi connectivity index (χ0v) is 10.2. The van der Waals surface area contributed by atoms with Crippen LogP contribution in [0.5, 0.6) is 0 Å². The maximum atomic E-state index is 11.9. The summed E-state index contributed by atoms with van der Waals surface area (Å²) in [5.74, 6) is 0.424. The van der Waals surface area contributed by atoms with Gasteiger partial charge in [0.05, 0.1) is 0 Å². The van der Waals surface area contributed by atoms with Gasteiger partial charge in [0.25, 0.3) is 5.56 Å². The van der Waals surface area contributed by atoms with Crippen LogP contribution in [0.25, 0.3) is 0 Å². The first-order valence-electron chi connectivity index (χ1n) is 5.57. The molecule has 0 bridgehead atoms. The number of anilines is 1. The Morgan fingerprint density at radius 1 is 1.56 bits per heavy atom. The van der Waals surface area contributed by atoms with Crippen molar-refractivity contribution >= 4 is 5.82 Å². The Kier molecular flexibility index (Phi) is 4.76. The lowest BCUT2D eigenvalue weighted by Crippen LogP contribution is -2.24. The van der Waals surface area contributed by atoms with Gasteiger partial charge in [0.1, 0.15) is 0 Å². The molecule has 0 radical (unpaired) electrons. The van der Waals surface area contributed by atoms with Gasteiger partial charge in [-0.05, 0) is 20.3 Å². The molecular formula is C12H19N3O. The van der Waals surface area contributed by atoms with Crippen LogP contribution < -0.4 is 10.9 Å². The lowest BCUT2D eigenvalue weighted by atomic mass is 10.3. The van der Waals surface area contributed by atoms with Gasteiger partial charge in [0.15, 0.2) is 5.82 Å². The minimum absolute atomic E-state index is 0.0495. The molecule has 4 nitrogen and oxygen atoms in total. The molecular weight excluding hydrogens is 202 g/mol. The molecule has 0 saturated carbocycles. The SMILES string of the molecule is CCCn1ccnc(NCC=C(C)C)c1=O. The Hall–Kier alpha value is -1.58. The van der Waals surface area contributed by atoms with Gasteiger partial charge in [-0.1, -0.05) is 18.6 Å². The largest absolute Gasteiger partial charge is 0.362 e. The lowest BCUT2D eigenvalue weighted by Gasteiger charge is -2.06. The molecule has 16 heavy (non-hydrogen) atoms. The summed E-state index contributed by atoms with van der Waals surface area (Å²) in [5, 5.41) is 3.02. The number of allylic oxidation sites excluding steroid dienone is 1. The van der Waals surface area contributed by atoms with Crippen molar-refractivity contribution in [2.24, 2.45) is 0 Å². The van der Waals surface area contributed by atoms with Crippen LogP contribution >= 0.6 is 0 Å². The van der Waals surface area contributed by atoms with E-state index in [1.54, 1.807) is 17.0 Å². The van der Waals surface area contributed by atoms with Gasteiger partial charge < -0.3 is 9.88 Å². The molecule has 0 amide bonds. The molecule has 0 aliphatic carbocycles. The summed E-state index contributed by atoms with van der Waals surface area (Å²) in [6, 6.07) is 0. The van der Waals surface area contributed by atoms with Crippen LogP contribution in [0.2, 0.25) is 0 Å². The number of hydrogen-bond donors (Lipinski definition) is 1. The third-order valence-corrected chi connectivity index (χ3v) is 2.16. The molecule has 0 saturated heterocycles. The molecule has 0 atom stereocenters. The van der Waals surface area contributed by atoms with Gasteiger partial charge in [-0.25, -0.2) is 4.98 Å². The zero-order chi connectivity index (χ0) is 12.0. The van der Waals surface area contributed by atoms with E-state index in [0.717, 1.165) is 13.0 Å². The summed E-state index contributed by atoms with van der Waals surface area (Å²) in [5.41, 5.74) is 1.17. The Labute approximate surface area is 96.0 Å². The summed E-state index contributed by atoms with van der Waals surface area (Å²) in [6.45, 7) is 7.47. The van der Waals surface area contributed by atoms with E-state index < -0.39 is 0 Å². The molecule has 4 heteroatoms. The monoisotopic (exact) mass is 221 g/mol. The second-order valence-electron chi connectivity index (χ2n) is 3.94. The fourth-order valence-electron chi connectivity index (χ4n) is 1.34. The molecule has 0 aromatic carbocycles. The normalized spacial score (nSPS) is 9.94. The number of aromatic nitrogens is 2. The number of nitrogens with zero attached hydrogens (tertiary/aromatic N) is 2. The smallest absolute Gasteiger partial charge is 0.293 e. The Morgan fingerprint density at radius 2 is 2.31 bits per heavy atom. The van der Waals surface area contributed by atoms with Crippen LogP contribution in [-0.2, 0) is 6.54 Å². The summed E-state index contributed by atoms with van der Waals surface area (Å²) < 4.78 is 1.68. The third-order valence-electron chi connectivity index (χ3n) is 2.16. The Balaban J connectivity index is 2.77. The van der Waals surface area contributed by atoms with Gasteiger partial charge in [0.2, 0.25) is 0 Å². The molecule has 0 fully saturated rings. The van der Waals surface area contributed by atoms with Crippen LogP contribution in [0, 0.1) is 0 Å². The van der Waals surface area contributed by atoms with Crippen LogP contribution in [0.1, 0.15) is 27.2 Å². The zero-order valence-electron chi connectivity index (χ0n) is 10.2. The third kappa shape index (κ3) is 3.53. The Bertz CT molecular complexity index is 417. The highest BCUT2D eigenvalue weighted by Gasteiger charge is 2.01. The van der Waals surface area contributed by atoms with Crippen molar-refractivity contribution in [3.8, 4) is 0 Å². The van der Waals surface area contributed by atoms with Crippen LogP contribution in [0.15, 0.2) is 28.8 Å². The van der Waals surface area contributed by atoms with Crippen molar-refractivity contribution in [3.05, 3.63) is 34.4 Å². The minimum Gasteiger partial charge on any atom is -0.362 e. The average Bonchev–Trinajstić information content (AvgIpc) is 2.23. The fourth-order valence-corrected chi connectivity index (χ4v) is 1.34. The van der Waals surface area contributed by atoms with E-state index in [2.05, 4.69) is 10.3 Å². The van der Waals surface area contributed by atoms with E-state index >= 15 is 0 Å². The van der Waals surface area contributed by atoms with E-state index in [1.807, 2.05) is 26.8 Å². The van der Waals surface area contributed by atoms with Crippen molar-refractivity contribution in [1.29, 1.82) is 0 Å². The van der Waals surface area contributed by atoms with Crippen molar-refractivity contribution in [2.75, 3.05) is 11.9 Å². The predicted molar refractivity (Wildman–Crippen MR) is 66.7 cm³/mol. The standard InChI is InChI=1S/C12H19N3O/c1-4-8-15-9-7-14-11(12(15)16)13-6-5-10(2)3/h5,7,9H,4,6,8H2,1-3H3,(H,13,14). The highest BCUT2D eigenvalue weighted by molar-refractivity contribution is 5.31. The second-order valence-corrected chi connectivity index (χ2v) is 3.94. The summed E-state index contributed by atoms with van der Waals surface area (Å²) in [7, 11) is 0. The van der Waals surface area contributed by atoms with E-state index in [-0.39, 0.29) is 5.56 Å². The highest BCUT2D eigenvalue weighted by atomic mass is 16.1. The molecule has 1 aromatic heterocycles. The maximum Gasteiger partial charge on any atom is 0.293 e. The van der Waals surface area contributed by atoms with Crippen molar-refractivity contribution in [3.63, 3.8) is 0 Å². The van der Waals surface area contributed by atoms with Gasteiger partial charge in [0, 0.05) is 25.5 Å².